The topological polar surface area (TPSA) is 113 Å². The van der Waals surface area contributed by atoms with Crippen LogP contribution in [-0.2, 0) is 14.3 Å². The highest BCUT2D eigenvalue weighted by atomic mass is 35.5. The molecule has 1 aromatic carbocycles. The van der Waals surface area contributed by atoms with Crippen molar-refractivity contribution in [3.63, 3.8) is 0 Å². The summed E-state index contributed by atoms with van der Waals surface area (Å²) in [5, 5.41) is 12.5. The monoisotopic (exact) mass is 538 g/mol. The second-order valence-corrected chi connectivity index (χ2v) is 9.01. The summed E-state index contributed by atoms with van der Waals surface area (Å²) in [7, 11) is 1.07. The van der Waals surface area contributed by atoms with Gasteiger partial charge in [0, 0.05) is 29.7 Å². The number of aliphatic imine (C=N–C) groups is 1. The third-order valence-electron chi connectivity index (χ3n) is 5.86. The van der Waals surface area contributed by atoms with Crippen LogP contribution in [0.15, 0.2) is 53.0 Å². The van der Waals surface area contributed by atoms with E-state index in [0.717, 1.165) is 29.7 Å². The van der Waals surface area contributed by atoms with Gasteiger partial charge in [-0.05, 0) is 36.8 Å². The Kier molecular flexibility index (Phi) is 7.42. The molecule has 37 heavy (non-hydrogen) atoms. The fourth-order valence-corrected chi connectivity index (χ4v) is 4.45. The minimum Gasteiger partial charge on any atom is -0.480 e. The molecule has 2 aliphatic rings. The average Bonchev–Trinajstić information content (AvgIpc) is 3.14. The number of rotatable bonds is 6. The Labute approximate surface area is 214 Å². The zero-order chi connectivity index (χ0) is 26.9. The molecule has 2 aliphatic heterocycles. The molecular formula is C24H22ClF3N4O5. The highest BCUT2D eigenvalue weighted by molar-refractivity contribution is 6.31. The molecule has 0 unspecified atom stereocenters. The number of ether oxygens (including phenoxy) is 2. The molecule has 9 nitrogen and oxygen atoms in total. The van der Waals surface area contributed by atoms with Crippen molar-refractivity contribution in [1.82, 2.24) is 15.2 Å². The first-order valence-corrected chi connectivity index (χ1v) is 11.4. The van der Waals surface area contributed by atoms with Gasteiger partial charge in [0.2, 0.25) is 0 Å². The van der Waals surface area contributed by atoms with E-state index in [2.05, 4.69) is 20.0 Å². The Hall–Kier alpha value is -3.64. The highest BCUT2D eigenvalue weighted by Crippen LogP contribution is 2.38. The van der Waals surface area contributed by atoms with Gasteiger partial charge in [-0.1, -0.05) is 17.7 Å². The maximum absolute atomic E-state index is 14.2. The molecule has 0 saturated carbocycles. The molecule has 0 aliphatic carbocycles. The lowest BCUT2D eigenvalue weighted by Crippen LogP contribution is -2.43. The molecule has 0 spiro atoms. The number of pyridine rings is 1. The number of amidine groups is 1. The van der Waals surface area contributed by atoms with Gasteiger partial charge < -0.3 is 19.9 Å². The predicted octanol–water partition coefficient (Wildman–Crippen LogP) is 4.06. The molecule has 3 heterocycles. The van der Waals surface area contributed by atoms with Crippen LogP contribution in [0.2, 0.25) is 5.02 Å². The molecule has 0 radical (unpaired) electrons. The lowest BCUT2D eigenvalue weighted by molar-refractivity contribution is -0.142. The summed E-state index contributed by atoms with van der Waals surface area (Å²) in [6.45, 7) is 0.617. The maximum atomic E-state index is 14.2. The fraction of sp³-hybridized carbons (Fsp3) is 0.333. The molecule has 0 amide bonds. The Morgan fingerprint density at radius 1 is 1.30 bits per heavy atom. The van der Waals surface area contributed by atoms with Crippen molar-refractivity contribution in [2.24, 2.45) is 4.99 Å². The SMILES string of the molecule is COC(=O)OC1=C(CN2CC(F)(F)C[C@H]2C(=O)O)NC(c2cc(C)ccn2)=N[C@@H]1c1ccc(F)cc1Cl. The molecule has 1 aromatic heterocycles. The van der Waals surface area contributed by atoms with E-state index < -0.39 is 48.9 Å². The zero-order valence-corrected chi connectivity index (χ0v) is 20.4. The number of alkyl halides is 2. The van der Waals surface area contributed by atoms with Crippen molar-refractivity contribution in [3.8, 4) is 0 Å². The van der Waals surface area contributed by atoms with Crippen LogP contribution in [0.5, 0.6) is 0 Å². The molecule has 0 bridgehead atoms. The van der Waals surface area contributed by atoms with Gasteiger partial charge in [-0.3, -0.25) is 14.7 Å². The molecule has 2 aromatic rings. The Balaban J connectivity index is 1.85. The summed E-state index contributed by atoms with van der Waals surface area (Å²) in [6.07, 6.45) is -0.470. The first-order valence-electron chi connectivity index (χ1n) is 11.0. The first-order chi connectivity index (χ1) is 17.5. The quantitative estimate of drug-likeness (QED) is 0.529. The standard InChI is InChI=1S/C24H22ClF3N4O5/c1-12-5-6-29-16(7-12)21-30-17(10-32-11-24(27,28)9-18(32)22(33)34)20(37-23(35)36-2)19(31-21)14-4-3-13(26)8-15(14)25/h3-8,18-19H,9-11H2,1-2H3,(H,30,31)(H,33,34)/t18-,19+/m0/s1. The number of nitrogens with one attached hydrogen (secondary N) is 1. The first kappa shape index (κ1) is 26.4. The van der Waals surface area contributed by atoms with Crippen LogP contribution >= 0.6 is 11.6 Å². The van der Waals surface area contributed by atoms with Gasteiger partial charge in [0.1, 0.15) is 23.6 Å². The van der Waals surface area contributed by atoms with Crippen LogP contribution in [0.4, 0.5) is 18.0 Å². The third kappa shape index (κ3) is 5.86. The van der Waals surface area contributed by atoms with E-state index in [1.54, 1.807) is 18.3 Å². The second kappa shape index (κ2) is 10.4. The number of halogens is 4. The van der Waals surface area contributed by atoms with Gasteiger partial charge >= 0.3 is 12.1 Å². The number of benzene rings is 1. The number of methoxy groups -OCH3 is 1. The summed E-state index contributed by atoms with van der Waals surface area (Å²) < 4.78 is 52.2. The van der Waals surface area contributed by atoms with E-state index in [4.69, 9.17) is 16.3 Å². The number of carboxylic acids is 1. The van der Waals surface area contributed by atoms with Crippen LogP contribution in [0.25, 0.3) is 0 Å². The van der Waals surface area contributed by atoms with Crippen molar-refractivity contribution in [2.45, 2.75) is 31.4 Å². The maximum Gasteiger partial charge on any atom is 0.513 e. The molecular weight excluding hydrogens is 517 g/mol. The molecule has 1 saturated heterocycles. The normalized spacial score (nSPS) is 21.3. The summed E-state index contributed by atoms with van der Waals surface area (Å²) in [5.41, 5.74) is 1.53. The summed E-state index contributed by atoms with van der Waals surface area (Å²) in [4.78, 5) is 33.8. The number of hydrogen-bond acceptors (Lipinski definition) is 8. The lowest BCUT2D eigenvalue weighted by atomic mass is 10.0. The molecule has 13 heteroatoms. The number of aliphatic carboxylic acids is 1. The van der Waals surface area contributed by atoms with Gasteiger partial charge in [-0.2, -0.15) is 0 Å². The van der Waals surface area contributed by atoms with E-state index in [-0.39, 0.29) is 34.4 Å². The molecule has 196 valence electrons. The largest absolute Gasteiger partial charge is 0.513 e. The van der Waals surface area contributed by atoms with Crippen LogP contribution in [0.1, 0.15) is 29.3 Å². The van der Waals surface area contributed by atoms with Gasteiger partial charge in [0.05, 0.1) is 19.4 Å². The second-order valence-electron chi connectivity index (χ2n) is 8.61. The van der Waals surface area contributed by atoms with E-state index >= 15 is 0 Å². The van der Waals surface area contributed by atoms with Crippen molar-refractivity contribution >= 4 is 29.6 Å². The van der Waals surface area contributed by atoms with Crippen LogP contribution in [0, 0.1) is 12.7 Å². The van der Waals surface area contributed by atoms with E-state index in [9.17, 15) is 27.9 Å². The number of hydrogen-bond donors (Lipinski definition) is 2. The Bertz CT molecular complexity index is 1300. The smallest absolute Gasteiger partial charge is 0.480 e. The third-order valence-corrected chi connectivity index (χ3v) is 6.19. The van der Waals surface area contributed by atoms with Crippen molar-refractivity contribution in [2.75, 3.05) is 20.2 Å². The number of carbonyl (C=O) groups is 2. The number of aryl methyl sites for hydroxylation is 1. The van der Waals surface area contributed by atoms with Crippen molar-refractivity contribution in [1.29, 1.82) is 0 Å². The van der Waals surface area contributed by atoms with Crippen molar-refractivity contribution in [3.05, 3.63) is 75.6 Å². The zero-order valence-electron chi connectivity index (χ0n) is 19.7. The summed E-state index contributed by atoms with van der Waals surface area (Å²) in [6, 6.07) is 4.37. The van der Waals surface area contributed by atoms with Crippen LogP contribution in [0.3, 0.4) is 0 Å². The minimum absolute atomic E-state index is 0.0337. The fourth-order valence-electron chi connectivity index (χ4n) is 4.18. The number of carboxylic acid groups (broad SMARTS) is 1. The van der Waals surface area contributed by atoms with Crippen molar-refractivity contribution < 1.29 is 37.3 Å². The average molecular weight is 539 g/mol. The van der Waals surface area contributed by atoms with Gasteiger partial charge in [0.25, 0.3) is 5.92 Å². The summed E-state index contributed by atoms with van der Waals surface area (Å²) >= 11 is 6.31. The van der Waals surface area contributed by atoms with Gasteiger partial charge in [-0.15, -0.1) is 0 Å². The predicted molar refractivity (Wildman–Crippen MR) is 126 cm³/mol. The molecule has 1 fully saturated rings. The minimum atomic E-state index is -3.24. The number of aromatic nitrogens is 1. The molecule has 2 atom stereocenters. The highest BCUT2D eigenvalue weighted by Gasteiger charge is 2.49. The number of likely N-dealkylation sites (tertiary alicyclic amines) is 1. The van der Waals surface area contributed by atoms with Crippen LogP contribution < -0.4 is 5.32 Å². The van der Waals surface area contributed by atoms with Crippen LogP contribution in [-0.4, -0.2) is 65.1 Å². The molecule has 2 N–H and O–H groups in total. The molecule has 4 rings (SSSR count). The van der Waals surface area contributed by atoms with E-state index in [1.807, 2.05) is 6.92 Å². The van der Waals surface area contributed by atoms with E-state index in [0.29, 0.717) is 5.69 Å². The Morgan fingerprint density at radius 3 is 2.70 bits per heavy atom. The van der Waals surface area contributed by atoms with E-state index in [1.165, 1.54) is 6.07 Å². The summed E-state index contributed by atoms with van der Waals surface area (Å²) in [5.74, 6) is -5.27. The van der Waals surface area contributed by atoms with Gasteiger partial charge in [-0.25, -0.2) is 23.0 Å². The lowest BCUT2D eigenvalue weighted by Gasteiger charge is -2.30. The Morgan fingerprint density at radius 2 is 2.05 bits per heavy atom. The number of nitrogens with zero attached hydrogens (tertiary/aromatic N) is 3. The van der Waals surface area contributed by atoms with Gasteiger partial charge in [0.15, 0.2) is 11.6 Å². The number of carbonyl (C=O) groups excluding carboxylic acids is 1.